The maximum absolute atomic E-state index is 6.27. The molecule has 138 valence electrons. The highest BCUT2D eigenvalue weighted by Crippen LogP contribution is 2.48. The predicted octanol–water partition coefficient (Wildman–Crippen LogP) is 5.45. The van der Waals surface area contributed by atoms with Crippen molar-refractivity contribution in [1.29, 1.82) is 0 Å². The molecule has 2 heterocycles. The predicted molar refractivity (Wildman–Crippen MR) is 110 cm³/mol. The molecule has 3 nitrogen and oxygen atoms in total. The average Bonchev–Trinajstić information content (AvgIpc) is 2.68. The van der Waals surface area contributed by atoms with Crippen LogP contribution in [0.4, 0.5) is 11.4 Å². The van der Waals surface area contributed by atoms with E-state index in [0.717, 1.165) is 31.3 Å². The molecule has 4 rings (SSSR count). The Hall–Kier alpha value is -1.20. The molecule has 2 aromatic rings. The number of anilines is 2. The van der Waals surface area contributed by atoms with Crippen LogP contribution in [0.1, 0.15) is 19.3 Å². The lowest BCUT2D eigenvalue weighted by molar-refractivity contribution is 0.101. The molecule has 0 bridgehead atoms. The number of hydrogen-bond acceptors (Lipinski definition) is 4. The molecular weight excluding hydrogens is 364 g/mol. The van der Waals surface area contributed by atoms with Gasteiger partial charge in [0.2, 0.25) is 0 Å². The summed E-state index contributed by atoms with van der Waals surface area (Å²) < 4.78 is 5.98. The number of para-hydroxylation sites is 1. The fraction of sp³-hybridized carbons (Fsp3) is 0.429. The van der Waals surface area contributed by atoms with Gasteiger partial charge in [-0.2, -0.15) is 0 Å². The van der Waals surface area contributed by atoms with Crippen LogP contribution in [0.2, 0.25) is 5.02 Å². The number of fused-ring (bicyclic) bond motifs is 2. The van der Waals surface area contributed by atoms with Crippen molar-refractivity contribution in [3.05, 3.63) is 47.5 Å². The third kappa shape index (κ3) is 4.20. The normalized spacial score (nSPS) is 17.0. The summed E-state index contributed by atoms with van der Waals surface area (Å²) in [4.78, 5) is 7.40. The molecule has 0 radical (unpaired) electrons. The van der Waals surface area contributed by atoms with Crippen molar-refractivity contribution >= 4 is 34.7 Å². The molecule has 2 aliphatic rings. The van der Waals surface area contributed by atoms with Crippen LogP contribution in [0.5, 0.6) is 0 Å². The largest absolute Gasteiger partial charge is 0.378 e. The number of benzene rings is 2. The first-order valence-electron chi connectivity index (χ1n) is 9.45. The zero-order chi connectivity index (χ0) is 17.8. The van der Waals surface area contributed by atoms with E-state index in [9.17, 15) is 0 Å². The zero-order valence-electron chi connectivity index (χ0n) is 15.0. The fourth-order valence-electron chi connectivity index (χ4n) is 3.68. The quantitative estimate of drug-likeness (QED) is 0.611. The van der Waals surface area contributed by atoms with E-state index in [-0.39, 0.29) is 0 Å². The molecule has 0 spiro atoms. The second-order valence-corrected chi connectivity index (χ2v) is 8.37. The van der Waals surface area contributed by atoms with E-state index >= 15 is 0 Å². The SMILES string of the molecule is Clc1ccc2c(c1)N(CCOCCN1CCCCC1)c1ccccc1S2. The lowest BCUT2D eigenvalue weighted by atomic mass is 10.1. The van der Waals surface area contributed by atoms with Crippen molar-refractivity contribution < 1.29 is 4.74 Å². The number of nitrogens with zero attached hydrogens (tertiary/aromatic N) is 2. The summed E-state index contributed by atoms with van der Waals surface area (Å²) in [6, 6.07) is 14.7. The number of halogens is 1. The van der Waals surface area contributed by atoms with Crippen LogP contribution in [0.25, 0.3) is 0 Å². The smallest absolute Gasteiger partial charge is 0.0646 e. The third-order valence-corrected chi connectivity index (χ3v) is 6.41. The Morgan fingerprint density at radius 3 is 2.54 bits per heavy atom. The Balaban J connectivity index is 1.38. The van der Waals surface area contributed by atoms with Gasteiger partial charge < -0.3 is 14.5 Å². The molecule has 0 aromatic heterocycles. The van der Waals surface area contributed by atoms with Gasteiger partial charge in [0, 0.05) is 27.9 Å². The molecule has 2 aliphatic heterocycles. The Kier molecular flexibility index (Phi) is 6.05. The number of hydrogen-bond donors (Lipinski definition) is 0. The molecule has 0 unspecified atom stereocenters. The summed E-state index contributed by atoms with van der Waals surface area (Å²) in [5.74, 6) is 0. The van der Waals surface area contributed by atoms with Gasteiger partial charge in [-0.05, 0) is 56.3 Å². The van der Waals surface area contributed by atoms with Gasteiger partial charge in [0.1, 0.15) is 0 Å². The first kappa shape index (κ1) is 18.2. The summed E-state index contributed by atoms with van der Waals surface area (Å²) in [5, 5.41) is 0.778. The van der Waals surface area contributed by atoms with E-state index in [1.165, 1.54) is 53.5 Å². The van der Waals surface area contributed by atoms with Gasteiger partial charge in [-0.3, -0.25) is 0 Å². The molecule has 26 heavy (non-hydrogen) atoms. The molecule has 0 amide bonds. The van der Waals surface area contributed by atoms with Crippen LogP contribution < -0.4 is 4.90 Å². The standard InChI is InChI=1S/C21H25ClN2OS/c22-17-8-9-21-19(16-17)24(18-6-2-3-7-20(18)26-21)13-15-25-14-12-23-10-4-1-5-11-23/h2-3,6-9,16H,1,4-5,10-15H2. The molecule has 2 aromatic carbocycles. The van der Waals surface area contributed by atoms with Crippen molar-refractivity contribution in [3.8, 4) is 0 Å². The van der Waals surface area contributed by atoms with E-state index in [4.69, 9.17) is 16.3 Å². The van der Waals surface area contributed by atoms with Crippen LogP contribution in [0.3, 0.4) is 0 Å². The monoisotopic (exact) mass is 388 g/mol. The first-order valence-corrected chi connectivity index (χ1v) is 10.6. The van der Waals surface area contributed by atoms with E-state index < -0.39 is 0 Å². The van der Waals surface area contributed by atoms with Gasteiger partial charge in [-0.15, -0.1) is 0 Å². The van der Waals surface area contributed by atoms with Gasteiger partial charge in [-0.25, -0.2) is 0 Å². The van der Waals surface area contributed by atoms with E-state index in [0.29, 0.717) is 0 Å². The first-order chi connectivity index (χ1) is 12.8. The highest BCUT2D eigenvalue weighted by Gasteiger charge is 2.23. The number of ether oxygens (including phenoxy) is 1. The van der Waals surface area contributed by atoms with Gasteiger partial charge in [0.15, 0.2) is 0 Å². The Bertz CT molecular complexity index is 749. The van der Waals surface area contributed by atoms with Crippen LogP contribution in [0, 0.1) is 0 Å². The maximum atomic E-state index is 6.27. The van der Waals surface area contributed by atoms with E-state index in [2.05, 4.69) is 46.2 Å². The molecule has 0 aliphatic carbocycles. The molecule has 0 atom stereocenters. The average molecular weight is 389 g/mol. The van der Waals surface area contributed by atoms with Gasteiger partial charge >= 0.3 is 0 Å². The molecule has 0 saturated carbocycles. The van der Waals surface area contributed by atoms with Crippen molar-refractivity contribution in [2.45, 2.75) is 29.1 Å². The minimum Gasteiger partial charge on any atom is -0.378 e. The summed E-state index contributed by atoms with van der Waals surface area (Å²) in [5.41, 5.74) is 2.42. The second-order valence-electron chi connectivity index (χ2n) is 6.85. The Labute approximate surface area is 165 Å². The number of likely N-dealkylation sites (tertiary alicyclic amines) is 1. The van der Waals surface area contributed by atoms with Crippen LogP contribution >= 0.6 is 23.4 Å². The number of piperidine rings is 1. The van der Waals surface area contributed by atoms with Crippen LogP contribution in [-0.2, 0) is 4.74 Å². The fourth-order valence-corrected chi connectivity index (χ4v) is 4.92. The Morgan fingerprint density at radius 2 is 1.65 bits per heavy atom. The topological polar surface area (TPSA) is 15.7 Å². The summed E-state index contributed by atoms with van der Waals surface area (Å²) in [6.45, 7) is 5.88. The van der Waals surface area contributed by atoms with Gasteiger partial charge in [-0.1, -0.05) is 41.9 Å². The second kappa shape index (κ2) is 8.66. The Morgan fingerprint density at radius 1 is 0.885 bits per heavy atom. The van der Waals surface area contributed by atoms with Crippen molar-refractivity contribution in [2.75, 3.05) is 44.3 Å². The van der Waals surface area contributed by atoms with Gasteiger partial charge in [0.25, 0.3) is 0 Å². The zero-order valence-corrected chi connectivity index (χ0v) is 16.6. The lowest BCUT2D eigenvalue weighted by Gasteiger charge is -2.33. The molecule has 0 N–H and O–H groups in total. The maximum Gasteiger partial charge on any atom is 0.0646 e. The van der Waals surface area contributed by atoms with Crippen LogP contribution in [-0.4, -0.2) is 44.3 Å². The molecule has 5 heteroatoms. The van der Waals surface area contributed by atoms with Crippen molar-refractivity contribution in [3.63, 3.8) is 0 Å². The number of rotatable bonds is 6. The van der Waals surface area contributed by atoms with E-state index in [1.54, 1.807) is 0 Å². The minimum absolute atomic E-state index is 0.721. The van der Waals surface area contributed by atoms with Crippen molar-refractivity contribution in [2.24, 2.45) is 0 Å². The minimum atomic E-state index is 0.721. The molecular formula is C21H25ClN2OS. The van der Waals surface area contributed by atoms with Crippen LogP contribution in [0.15, 0.2) is 52.3 Å². The highest BCUT2D eigenvalue weighted by atomic mass is 35.5. The van der Waals surface area contributed by atoms with Gasteiger partial charge in [0.05, 0.1) is 24.6 Å². The van der Waals surface area contributed by atoms with E-state index in [1.807, 2.05) is 17.8 Å². The molecule has 1 saturated heterocycles. The summed E-state index contributed by atoms with van der Waals surface area (Å²) >= 11 is 8.08. The highest BCUT2D eigenvalue weighted by molar-refractivity contribution is 7.99. The lowest BCUT2D eigenvalue weighted by Crippen LogP contribution is -2.33. The third-order valence-electron chi connectivity index (χ3n) is 5.05. The summed E-state index contributed by atoms with van der Waals surface area (Å²) in [6.07, 6.45) is 4.05. The molecule has 1 fully saturated rings. The summed E-state index contributed by atoms with van der Waals surface area (Å²) in [7, 11) is 0. The van der Waals surface area contributed by atoms with Crippen molar-refractivity contribution in [1.82, 2.24) is 4.90 Å².